The van der Waals surface area contributed by atoms with Crippen molar-refractivity contribution in [3.8, 4) is 11.3 Å². The average molecular weight is 375 g/mol. The van der Waals surface area contributed by atoms with Crippen LogP contribution in [0.3, 0.4) is 0 Å². The maximum absolute atomic E-state index is 6.13. The minimum Gasteiger partial charge on any atom is -0.398 e. The van der Waals surface area contributed by atoms with Gasteiger partial charge in [0.25, 0.3) is 0 Å². The number of nitrogens with zero attached hydrogens (tertiary/aromatic N) is 3. The Balaban J connectivity index is 1.59. The number of hydrogen-bond acceptors (Lipinski definition) is 3. The predicted octanol–water partition coefficient (Wildman–Crippen LogP) is 4.84. The molecular formula is C24H30N4. The number of anilines is 1. The molecule has 0 spiro atoms. The van der Waals surface area contributed by atoms with Crippen molar-refractivity contribution < 1.29 is 0 Å². The van der Waals surface area contributed by atoms with Crippen LogP contribution in [0, 0.1) is 0 Å². The summed E-state index contributed by atoms with van der Waals surface area (Å²) >= 11 is 0. The fourth-order valence-electron chi connectivity index (χ4n) is 4.88. The first-order valence-corrected chi connectivity index (χ1v) is 10.9. The molecule has 1 aliphatic carbocycles. The van der Waals surface area contributed by atoms with Crippen LogP contribution in [0.25, 0.3) is 16.9 Å². The minimum absolute atomic E-state index is 0.791. The van der Waals surface area contributed by atoms with Crippen molar-refractivity contribution in [2.24, 2.45) is 0 Å². The van der Waals surface area contributed by atoms with E-state index in [9.17, 15) is 0 Å². The number of rotatable bonds is 3. The van der Waals surface area contributed by atoms with Crippen molar-refractivity contribution >= 4 is 11.3 Å². The summed E-state index contributed by atoms with van der Waals surface area (Å²) in [5.41, 5.74) is 14.6. The third-order valence-corrected chi connectivity index (χ3v) is 6.43. The van der Waals surface area contributed by atoms with E-state index < -0.39 is 0 Å². The quantitative estimate of drug-likeness (QED) is 0.714. The topological polar surface area (TPSA) is 46.6 Å². The van der Waals surface area contributed by atoms with Crippen LogP contribution in [0.4, 0.5) is 5.69 Å². The van der Waals surface area contributed by atoms with Crippen LogP contribution in [0.2, 0.25) is 0 Å². The molecule has 0 unspecified atom stereocenters. The molecule has 4 nitrogen and oxygen atoms in total. The number of hydrogen-bond donors (Lipinski definition) is 1. The molecule has 1 aromatic carbocycles. The molecule has 2 N–H and O–H groups in total. The lowest BCUT2D eigenvalue weighted by Gasteiger charge is -2.21. The number of fused-ring (bicyclic) bond motifs is 2. The highest BCUT2D eigenvalue weighted by molar-refractivity contribution is 5.68. The number of nitrogen functional groups attached to an aromatic ring is 1. The molecular weight excluding hydrogens is 344 g/mol. The Labute approximate surface area is 167 Å². The Morgan fingerprint density at radius 1 is 0.857 bits per heavy atom. The summed E-state index contributed by atoms with van der Waals surface area (Å²) in [5, 5.41) is 0. The van der Waals surface area contributed by atoms with Crippen LogP contribution in [0.15, 0.2) is 36.5 Å². The third-order valence-electron chi connectivity index (χ3n) is 6.43. The van der Waals surface area contributed by atoms with Crippen LogP contribution in [0.1, 0.15) is 55.3 Å². The van der Waals surface area contributed by atoms with Crippen molar-refractivity contribution in [3.05, 3.63) is 53.3 Å². The summed E-state index contributed by atoms with van der Waals surface area (Å²) in [5.74, 6) is 0. The molecule has 1 saturated heterocycles. The Morgan fingerprint density at radius 3 is 2.46 bits per heavy atom. The molecule has 146 valence electrons. The van der Waals surface area contributed by atoms with Crippen LogP contribution in [0.5, 0.6) is 0 Å². The molecule has 2 aliphatic rings. The van der Waals surface area contributed by atoms with E-state index in [1.165, 1.54) is 86.8 Å². The van der Waals surface area contributed by atoms with Crippen LogP contribution < -0.4 is 5.73 Å². The van der Waals surface area contributed by atoms with Crippen LogP contribution in [-0.4, -0.2) is 27.4 Å². The van der Waals surface area contributed by atoms with E-state index in [0.29, 0.717) is 0 Å². The molecule has 2 aromatic heterocycles. The van der Waals surface area contributed by atoms with Gasteiger partial charge < -0.3 is 10.1 Å². The van der Waals surface area contributed by atoms with E-state index in [-0.39, 0.29) is 0 Å². The van der Waals surface area contributed by atoms with Gasteiger partial charge in [0.1, 0.15) is 5.65 Å². The first kappa shape index (κ1) is 17.7. The van der Waals surface area contributed by atoms with Gasteiger partial charge in [-0.15, -0.1) is 0 Å². The SMILES string of the molecule is Nc1ccc2nc(-c3ccc4c(c3)CCCC4)c(CN3CCCCCC3)n2c1. The van der Waals surface area contributed by atoms with Gasteiger partial charge in [-0.3, -0.25) is 4.90 Å². The number of aryl methyl sites for hydroxylation is 2. The number of aromatic nitrogens is 2. The maximum Gasteiger partial charge on any atom is 0.137 e. The number of likely N-dealkylation sites (tertiary alicyclic amines) is 1. The number of benzene rings is 1. The first-order valence-electron chi connectivity index (χ1n) is 10.9. The minimum atomic E-state index is 0.791. The van der Waals surface area contributed by atoms with Gasteiger partial charge in [-0.05, 0) is 80.9 Å². The van der Waals surface area contributed by atoms with E-state index in [1.54, 1.807) is 0 Å². The van der Waals surface area contributed by atoms with Gasteiger partial charge in [0.15, 0.2) is 0 Å². The van der Waals surface area contributed by atoms with Crippen molar-refractivity contribution in [1.82, 2.24) is 14.3 Å². The Hall–Kier alpha value is -2.33. The summed E-state index contributed by atoms with van der Waals surface area (Å²) in [4.78, 5) is 7.64. The lowest BCUT2D eigenvalue weighted by molar-refractivity contribution is 0.273. The van der Waals surface area contributed by atoms with Gasteiger partial charge in [-0.25, -0.2) is 4.98 Å². The second-order valence-electron chi connectivity index (χ2n) is 8.48. The zero-order chi connectivity index (χ0) is 18.9. The van der Waals surface area contributed by atoms with E-state index in [0.717, 1.165) is 23.6 Å². The molecule has 4 heteroatoms. The van der Waals surface area contributed by atoms with Crippen molar-refractivity contribution in [1.29, 1.82) is 0 Å². The van der Waals surface area contributed by atoms with E-state index >= 15 is 0 Å². The van der Waals surface area contributed by atoms with Crippen LogP contribution in [-0.2, 0) is 19.4 Å². The Morgan fingerprint density at radius 2 is 1.64 bits per heavy atom. The summed E-state index contributed by atoms with van der Waals surface area (Å²) in [7, 11) is 0. The van der Waals surface area contributed by atoms with Gasteiger partial charge in [-0.1, -0.05) is 25.0 Å². The fourth-order valence-corrected chi connectivity index (χ4v) is 4.88. The summed E-state index contributed by atoms with van der Waals surface area (Å²) in [6.45, 7) is 3.30. The Bertz CT molecular complexity index is 980. The second-order valence-corrected chi connectivity index (χ2v) is 8.48. The average Bonchev–Trinajstić information content (AvgIpc) is 2.89. The zero-order valence-electron chi connectivity index (χ0n) is 16.7. The molecule has 3 heterocycles. The van der Waals surface area contributed by atoms with Gasteiger partial charge in [0.05, 0.1) is 11.4 Å². The molecule has 0 amide bonds. The molecule has 1 aliphatic heterocycles. The molecule has 28 heavy (non-hydrogen) atoms. The smallest absolute Gasteiger partial charge is 0.137 e. The van der Waals surface area contributed by atoms with E-state index in [2.05, 4.69) is 27.5 Å². The largest absolute Gasteiger partial charge is 0.398 e. The molecule has 0 saturated carbocycles. The van der Waals surface area contributed by atoms with Crippen LogP contribution >= 0.6 is 0 Å². The number of imidazole rings is 1. The summed E-state index contributed by atoms with van der Waals surface area (Å²) < 4.78 is 2.22. The highest BCUT2D eigenvalue weighted by Crippen LogP contribution is 2.31. The first-order chi connectivity index (χ1) is 13.8. The van der Waals surface area contributed by atoms with Gasteiger partial charge >= 0.3 is 0 Å². The fraction of sp³-hybridized carbons (Fsp3) is 0.458. The normalized spacial score (nSPS) is 18.1. The highest BCUT2D eigenvalue weighted by atomic mass is 15.2. The molecule has 5 rings (SSSR count). The number of pyridine rings is 1. The predicted molar refractivity (Wildman–Crippen MR) is 115 cm³/mol. The molecule has 0 atom stereocenters. The van der Waals surface area contributed by atoms with E-state index in [4.69, 9.17) is 10.7 Å². The van der Waals surface area contributed by atoms with Crippen molar-refractivity contribution in [3.63, 3.8) is 0 Å². The van der Waals surface area contributed by atoms with Crippen molar-refractivity contribution in [2.45, 2.75) is 57.9 Å². The number of nitrogens with two attached hydrogens (primary N) is 1. The lowest BCUT2D eigenvalue weighted by Crippen LogP contribution is -2.25. The maximum atomic E-state index is 6.13. The molecule has 3 aromatic rings. The van der Waals surface area contributed by atoms with Gasteiger partial charge in [0.2, 0.25) is 0 Å². The summed E-state index contributed by atoms with van der Waals surface area (Å²) in [6, 6.07) is 11.0. The monoisotopic (exact) mass is 374 g/mol. The zero-order valence-corrected chi connectivity index (χ0v) is 16.7. The van der Waals surface area contributed by atoms with Gasteiger partial charge in [-0.2, -0.15) is 0 Å². The molecule has 1 fully saturated rings. The highest BCUT2D eigenvalue weighted by Gasteiger charge is 2.20. The molecule has 0 radical (unpaired) electrons. The van der Waals surface area contributed by atoms with Gasteiger partial charge in [0, 0.05) is 24.0 Å². The summed E-state index contributed by atoms with van der Waals surface area (Å²) in [6.07, 6.45) is 12.4. The Kier molecular flexibility index (Phi) is 4.81. The second kappa shape index (κ2) is 7.59. The molecule has 0 bridgehead atoms. The third kappa shape index (κ3) is 3.42. The standard InChI is InChI=1S/C24H30N4/c25-21-11-12-23-26-24(20-10-9-18-7-3-4-8-19(18)15-20)22(28(23)16-21)17-27-13-5-1-2-6-14-27/h9-12,15-16H,1-8,13-14,17,25H2. The van der Waals surface area contributed by atoms with E-state index in [1.807, 2.05) is 18.3 Å². The van der Waals surface area contributed by atoms with Crippen molar-refractivity contribution in [2.75, 3.05) is 18.8 Å². The lowest BCUT2D eigenvalue weighted by atomic mass is 9.90.